The van der Waals surface area contributed by atoms with Crippen molar-refractivity contribution < 1.29 is 0 Å². The maximum Gasteiger partial charge on any atom is 0.0719 e. The molecule has 2 aliphatic carbocycles. The average Bonchev–Trinajstić information content (AvgIpc) is 3.52. The summed E-state index contributed by atoms with van der Waals surface area (Å²) in [5.41, 5.74) is 18.5. The fourth-order valence-corrected chi connectivity index (χ4v) is 9.39. The molecule has 8 aromatic rings. The van der Waals surface area contributed by atoms with Crippen LogP contribution in [0.1, 0.15) is 47.2 Å². The first kappa shape index (κ1) is 31.3. The number of para-hydroxylation sites is 1. The highest BCUT2D eigenvalue weighted by Crippen LogP contribution is 2.62. The Kier molecular flexibility index (Phi) is 7.13. The van der Waals surface area contributed by atoms with Crippen LogP contribution in [0.4, 0.5) is 17.1 Å². The highest BCUT2D eigenvalue weighted by Gasteiger charge is 2.53. The van der Waals surface area contributed by atoms with Gasteiger partial charge in [0, 0.05) is 22.5 Å². The molecule has 53 heavy (non-hydrogen) atoms. The first-order chi connectivity index (χ1) is 26.1. The summed E-state index contributed by atoms with van der Waals surface area (Å²) in [7, 11) is 0. The zero-order chi connectivity index (χ0) is 35.6. The van der Waals surface area contributed by atoms with Crippen LogP contribution in [0.5, 0.6) is 0 Å². The van der Waals surface area contributed by atoms with E-state index >= 15 is 0 Å². The quantitative estimate of drug-likeness (QED) is 0.175. The second-order valence-electron chi connectivity index (χ2n) is 14.9. The third-order valence-electron chi connectivity index (χ3n) is 11.8. The standard InChI is InChI=1S/C52H39N/c1-51(2)47-27-15-16-28-48(47)52(45-25-13-11-23-43(45)44-24-12-14-26-46(44)52)49-34-33-40(35-50(49)51)53(38-19-7-4-8-20-38)39-31-29-37(30-32-39)42-22-10-9-21-41(42)36-17-5-3-6-18-36/h3-35H,1-2H3. The predicted molar refractivity (Wildman–Crippen MR) is 221 cm³/mol. The molecule has 8 aromatic carbocycles. The number of anilines is 3. The second-order valence-corrected chi connectivity index (χ2v) is 14.9. The van der Waals surface area contributed by atoms with E-state index in [1.807, 2.05) is 0 Å². The van der Waals surface area contributed by atoms with Gasteiger partial charge in [-0.2, -0.15) is 0 Å². The van der Waals surface area contributed by atoms with Crippen molar-refractivity contribution in [2.45, 2.75) is 24.7 Å². The van der Waals surface area contributed by atoms with E-state index < -0.39 is 5.41 Å². The lowest BCUT2D eigenvalue weighted by Crippen LogP contribution is -2.40. The second kappa shape index (κ2) is 12.1. The van der Waals surface area contributed by atoms with E-state index in [1.54, 1.807) is 0 Å². The summed E-state index contributed by atoms with van der Waals surface area (Å²) < 4.78 is 0. The SMILES string of the molecule is CC1(C)c2ccccc2C2(c3ccccc3-c3ccccc32)c2ccc(N(c3ccccc3)c3ccc(-c4ccccc4-c4ccccc4)cc3)cc21. The van der Waals surface area contributed by atoms with Gasteiger partial charge in [-0.3, -0.25) is 0 Å². The summed E-state index contributed by atoms with van der Waals surface area (Å²) in [5, 5.41) is 0. The summed E-state index contributed by atoms with van der Waals surface area (Å²) in [6, 6.07) is 73.8. The monoisotopic (exact) mass is 677 g/mol. The molecule has 0 bridgehead atoms. The van der Waals surface area contributed by atoms with Crippen LogP contribution >= 0.6 is 0 Å². The molecule has 0 aromatic heterocycles. The minimum absolute atomic E-state index is 0.229. The molecular formula is C52H39N. The van der Waals surface area contributed by atoms with Gasteiger partial charge < -0.3 is 4.90 Å². The maximum atomic E-state index is 2.47. The summed E-state index contributed by atoms with van der Waals surface area (Å²) >= 11 is 0. The maximum absolute atomic E-state index is 2.47. The van der Waals surface area contributed by atoms with Gasteiger partial charge in [-0.15, -0.1) is 0 Å². The molecule has 0 saturated heterocycles. The van der Waals surface area contributed by atoms with Crippen LogP contribution in [0.25, 0.3) is 33.4 Å². The lowest BCUT2D eigenvalue weighted by Gasteiger charge is -2.47. The molecule has 0 saturated carbocycles. The Morgan fingerprint density at radius 2 is 0.717 bits per heavy atom. The van der Waals surface area contributed by atoms with Crippen molar-refractivity contribution in [3.63, 3.8) is 0 Å². The molecule has 1 heteroatoms. The fourth-order valence-electron chi connectivity index (χ4n) is 9.39. The summed E-state index contributed by atoms with van der Waals surface area (Å²) in [4.78, 5) is 2.41. The Labute approximate surface area is 312 Å². The Morgan fingerprint density at radius 1 is 0.302 bits per heavy atom. The number of fused-ring (bicyclic) bond motifs is 9. The predicted octanol–water partition coefficient (Wildman–Crippen LogP) is 13.5. The van der Waals surface area contributed by atoms with Gasteiger partial charge in [0.15, 0.2) is 0 Å². The van der Waals surface area contributed by atoms with Crippen LogP contribution in [0.15, 0.2) is 200 Å². The van der Waals surface area contributed by atoms with Crippen LogP contribution < -0.4 is 4.90 Å². The van der Waals surface area contributed by atoms with Gasteiger partial charge in [-0.05, 0) is 103 Å². The van der Waals surface area contributed by atoms with Gasteiger partial charge in [0.05, 0.1) is 5.41 Å². The largest absolute Gasteiger partial charge is 0.310 e. The number of hydrogen-bond donors (Lipinski definition) is 0. The minimum atomic E-state index is -0.404. The summed E-state index contributed by atoms with van der Waals surface area (Å²) in [5.74, 6) is 0. The van der Waals surface area contributed by atoms with Crippen molar-refractivity contribution in [1.82, 2.24) is 0 Å². The zero-order valence-electron chi connectivity index (χ0n) is 30.0. The van der Waals surface area contributed by atoms with Crippen molar-refractivity contribution in [2.24, 2.45) is 0 Å². The molecule has 0 unspecified atom stereocenters. The Morgan fingerprint density at radius 3 is 1.32 bits per heavy atom. The lowest BCUT2D eigenvalue weighted by molar-refractivity contribution is 0.563. The molecule has 0 atom stereocenters. The van der Waals surface area contributed by atoms with Crippen molar-refractivity contribution in [3.05, 3.63) is 234 Å². The molecule has 10 rings (SSSR count). The van der Waals surface area contributed by atoms with E-state index in [2.05, 4.69) is 219 Å². The first-order valence-corrected chi connectivity index (χ1v) is 18.6. The van der Waals surface area contributed by atoms with E-state index in [0.717, 1.165) is 17.1 Å². The Hall–Kier alpha value is -6.44. The van der Waals surface area contributed by atoms with Crippen LogP contribution in [0, 0.1) is 0 Å². The molecule has 2 aliphatic rings. The smallest absolute Gasteiger partial charge is 0.0719 e. The van der Waals surface area contributed by atoms with Crippen LogP contribution in [-0.2, 0) is 10.8 Å². The highest BCUT2D eigenvalue weighted by atomic mass is 15.1. The molecule has 0 amide bonds. The van der Waals surface area contributed by atoms with Gasteiger partial charge in [0.25, 0.3) is 0 Å². The van der Waals surface area contributed by atoms with Gasteiger partial charge in [0.2, 0.25) is 0 Å². The van der Waals surface area contributed by atoms with Gasteiger partial charge >= 0.3 is 0 Å². The molecule has 0 aliphatic heterocycles. The number of hydrogen-bond acceptors (Lipinski definition) is 1. The molecule has 0 heterocycles. The topological polar surface area (TPSA) is 3.24 Å². The van der Waals surface area contributed by atoms with Crippen molar-refractivity contribution in [1.29, 1.82) is 0 Å². The molecule has 0 radical (unpaired) electrons. The third kappa shape index (κ3) is 4.64. The molecule has 1 spiro atoms. The van der Waals surface area contributed by atoms with Crippen molar-refractivity contribution in [2.75, 3.05) is 4.90 Å². The van der Waals surface area contributed by atoms with Crippen molar-refractivity contribution >= 4 is 17.1 Å². The van der Waals surface area contributed by atoms with Gasteiger partial charge in [0.1, 0.15) is 0 Å². The molecule has 0 fully saturated rings. The first-order valence-electron chi connectivity index (χ1n) is 18.6. The molecule has 252 valence electrons. The van der Waals surface area contributed by atoms with E-state index in [-0.39, 0.29) is 5.41 Å². The molecular weight excluding hydrogens is 639 g/mol. The number of rotatable bonds is 5. The summed E-state index contributed by atoms with van der Waals surface area (Å²) in [6.45, 7) is 4.81. The normalized spacial score (nSPS) is 14.2. The average molecular weight is 678 g/mol. The van der Waals surface area contributed by atoms with Gasteiger partial charge in [-0.1, -0.05) is 178 Å². The number of nitrogens with zero attached hydrogens (tertiary/aromatic N) is 1. The lowest BCUT2D eigenvalue weighted by atomic mass is 9.55. The Bertz CT molecular complexity index is 2590. The van der Waals surface area contributed by atoms with Gasteiger partial charge in [-0.25, -0.2) is 0 Å². The molecule has 1 nitrogen and oxygen atoms in total. The van der Waals surface area contributed by atoms with E-state index in [4.69, 9.17) is 0 Å². The van der Waals surface area contributed by atoms with Crippen LogP contribution in [0.3, 0.4) is 0 Å². The van der Waals surface area contributed by atoms with Crippen LogP contribution in [-0.4, -0.2) is 0 Å². The van der Waals surface area contributed by atoms with Crippen LogP contribution in [0.2, 0.25) is 0 Å². The van der Waals surface area contributed by atoms with E-state index in [0.29, 0.717) is 0 Å². The third-order valence-corrected chi connectivity index (χ3v) is 11.8. The fraction of sp³-hybridized carbons (Fsp3) is 0.0769. The molecule has 0 N–H and O–H groups in total. The number of benzene rings is 8. The minimum Gasteiger partial charge on any atom is -0.310 e. The van der Waals surface area contributed by atoms with E-state index in [9.17, 15) is 0 Å². The van der Waals surface area contributed by atoms with Crippen molar-refractivity contribution in [3.8, 4) is 33.4 Å². The van der Waals surface area contributed by atoms with E-state index in [1.165, 1.54) is 66.8 Å². The Balaban J connectivity index is 1.16. The zero-order valence-corrected chi connectivity index (χ0v) is 30.0. The summed E-state index contributed by atoms with van der Waals surface area (Å²) in [6.07, 6.45) is 0. The highest BCUT2D eigenvalue weighted by molar-refractivity contribution is 5.90.